The number of carbonyl (C=O) groups excluding carboxylic acids is 1. The van der Waals surface area contributed by atoms with Gasteiger partial charge in [0.1, 0.15) is 6.54 Å². The van der Waals surface area contributed by atoms with Gasteiger partial charge in [-0.3, -0.25) is 19.2 Å². The number of hydrogen-bond donors (Lipinski definition) is 1. The lowest BCUT2D eigenvalue weighted by Gasteiger charge is -2.21. The highest BCUT2D eigenvalue weighted by atomic mass is 32.2. The maximum atomic E-state index is 12.2. The number of methoxy groups -OCH3 is 2. The first-order chi connectivity index (χ1) is 14.2. The Hall–Kier alpha value is -3.67. The Morgan fingerprint density at radius 2 is 1.90 bits per heavy atom. The van der Waals surface area contributed by atoms with Gasteiger partial charge in [-0.1, -0.05) is 6.07 Å². The fourth-order valence-electron chi connectivity index (χ4n) is 2.44. The Bertz CT molecular complexity index is 1070. The van der Waals surface area contributed by atoms with Crippen LogP contribution in [0.3, 0.4) is 0 Å². The largest absolute Gasteiger partial charge is 0.493 e. The zero-order valence-corrected chi connectivity index (χ0v) is 17.3. The van der Waals surface area contributed by atoms with Crippen LogP contribution in [0.25, 0.3) is 0 Å². The molecule has 0 radical (unpaired) electrons. The van der Waals surface area contributed by atoms with E-state index in [-0.39, 0.29) is 11.4 Å². The molecular formula is C18H20N4O7S. The number of benzene rings is 2. The monoisotopic (exact) mass is 436 g/mol. The summed E-state index contributed by atoms with van der Waals surface area (Å²) in [6.07, 6.45) is 2.24. The second-order valence-electron chi connectivity index (χ2n) is 5.95. The summed E-state index contributed by atoms with van der Waals surface area (Å²) < 4.78 is 35.2. The van der Waals surface area contributed by atoms with Gasteiger partial charge in [-0.05, 0) is 29.8 Å². The van der Waals surface area contributed by atoms with Crippen molar-refractivity contribution in [2.45, 2.75) is 0 Å². The smallest absolute Gasteiger partial charge is 0.271 e. The van der Waals surface area contributed by atoms with Crippen LogP contribution >= 0.6 is 0 Å². The number of nitrogens with one attached hydrogen (secondary N) is 1. The summed E-state index contributed by atoms with van der Waals surface area (Å²) in [6.45, 7) is -0.608. The summed E-state index contributed by atoms with van der Waals surface area (Å²) in [6, 6.07) is 9.96. The highest BCUT2D eigenvalue weighted by Crippen LogP contribution is 2.27. The molecule has 2 rings (SSSR count). The second-order valence-corrected chi connectivity index (χ2v) is 7.86. The van der Waals surface area contributed by atoms with E-state index in [1.165, 1.54) is 38.6 Å². The first-order valence-electron chi connectivity index (χ1n) is 8.42. The Morgan fingerprint density at radius 3 is 2.50 bits per heavy atom. The number of rotatable bonds is 9. The molecule has 2 aromatic carbocycles. The number of ether oxygens (including phenoxy) is 2. The molecule has 0 spiro atoms. The fourth-order valence-corrected chi connectivity index (χ4v) is 3.29. The third kappa shape index (κ3) is 5.91. The van der Waals surface area contributed by atoms with E-state index in [9.17, 15) is 23.3 Å². The topological polar surface area (TPSA) is 140 Å². The van der Waals surface area contributed by atoms with Crippen LogP contribution in [0.1, 0.15) is 5.56 Å². The van der Waals surface area contributed by atoms with Gasteiger partial charge in [-0.25, -0.2) is 13.8 Å². The van der Waals surface area contributed by atoms with Crippen LogP contribution in [0.5, 0.6) is 11.5 Å². The van der Waals surface area contributed by atoms with Crippen molar-refractivity contribution in [3.63, 3.8) is 0 Å². The molecule has 0 aromatic heterocycles. The van der Waals surface area contributed by atoms with Crippen molar-refractivity contribution in [2.75, 3.05) is 31.3 Å². The standard InChI is InChI=1S/C18H20N4O7S/c1-28-16-8-7-13(9-17(16)29-2)11-19-20-18(23)12-21(30(3,26)27)14-5-4-6-15(10-14)22(24)25/h4-11H,12H2,1-3H3,(H,20,23)/b19-11-. The number of hydrogen-bond acceptors (Lipinski definition) is 8. The Kier molecular flexibility index (Phi) is 7.31. The van der Waals surface area contributed by atoms with Crippen LogP contribution in [-0.4, -0.2) is 52.5 Å². The van der Waals surface area contributed by atoms with Crippen molar-refractivity contribution < 1.29 is 27.6 Å². The summed E-state index contributed by atoms with van der Waals surface area (Å²) in [4.78, 5) is 22.5. The number of amides is 1. The van der Waals surface area contributed by atoms with Gasteiger partial charge in [-0.2, -0.15) is 5.10 Å². The van der Waals surface area contributed by atoms with E-state index < -0.39 is 27.4 Å². The Labute approximate surface area is 173 Å². The molecule has 11 nitrogen and oxygen atoms in total. The van der Waals surface area contributed by atoms with Crippen molar-refractivity contribution in [1.29, 1.82) is 0 Å². The van der Waals surface area contributed by atoms with Crippen molar-refractivity contribution in [2.24, 2.45) is 5.10 Å². The van der Waals surface area contributed by atoms with Crippen LogP contribution < -0.4 is 19.2 Å². The van der Waals surface area contributed by atoms with Crippen LogP contribution in [0.2, 0.25) is 0 Å². The van der Waals surface area contributed by atoms with Gasteiger partial charge in [0.2, 0.25) is 10.0 Å². The molecule has 160 valence electrons. The molecule has 0 aliphatic rings. The predicted molar refractivity (Wildman–Crippen MR) is 111 cm³/mol. The van der Waals surface area contributed by atoms with Crippen LogP contribution in [0.4, 0.5) is 11.4 Å². The van der Waals surface area contributed by atoms with Crippen LogP contribution in [0.15, 0.2) is 47.6 Å². The van der Waals surface area contributed by atoms with E-state index in [0.717, 1.165) is 16.6 Å². The SMILES string of the molecule is COc1ccc(/C=N\NC(=O)CN(c2cccc([N+](=O)[O-])c2)S(C)(=O)=O)cc1OC. The summed E-state index contributed by atoms with van der Waals surface area (Å²) in [5.41, 5.74) is 2.52. The molecule has 1 N–H and O–H groups in total. The van der Waals surface area contributed by atoms with E-state index in [2.05, 4.69) is 10.5 Å². The van der Waals surface area contributed by atoms with E-state index in [1.54, 1.807) is 18.2 Å². The molecule has 0 fully saturated rings. The molecule has 0 atom stereocenters. The van der Waals surface area contributed by atoms with Crippen LogP contribution in [-0.2, 0) is 14.8 Å². The fraction of sp³-hybridized carbons (Fsp3) is 0.222. The maximum absolute atomic E-state index is 12.2. The summed E-state index contributed by atoms with van der Waals surface area (Å²) >= 11 is 0. The lowest BCUT2D eigenvalue weighted by molar-refractivity contribution is -0.384. The zero-order chi connectivity index (χ0) is 22.3. The lowest BCUT2D eigenvalue weighted by atomic mass is 10.2. The van der Waals surface area contributed by atoms with Crippen molar-refractivity contribution in [3.8, 4) is 11.5 Å². The number of hydrazone groups is 1. The average Bonchev–Trinajstić information content (AvgIpc) is 2.71. The quantitative estimate of drug-likeness (QED) is 0.357. The first-order valence-corrected chi connectivity index (χ1v) is 10.3. The van der Waals surface area contributed by atoms with Crippen LogP contribution in [0, 0.1) is 10.1 Å². The van der Waals surface area contributed by atoms with Gasteiger partial charge in [0.25, 0.3) is 11.6 Å². The number of nitro groups is 1. The third-order valence-corrected chi connectivity index (χ3v) is 4.97. The summed E-state index contributed by atoms with van der Waals surface area (Å²) in [5.74, 6) is 0.268. The second kappa shape index (κ2) is 9.69. The molecule has 0 saturated carbocycles. The maximum Gasteiger partial charge on any atom is 0.271 e. The Morgan fingerprint density at radius 1 is 1.20 bits per heavy atom. The van der Waals surface area contributed by atoms with Crippen molar-refractivity contribution >= 4 is 33.5 Å². The number of carbonyl (C=O) groups is 1. The highest BCUT2D eigenvalue weighted by molar-refractivity contribution is 7.92. The minimum absolute atomic E-state index is 0.00859. The Balaban J connectivity index is 2.13. The molecular weight excluding hydrogens is 416 g/mol. The van der Waals surface area contributed by atoms with E-state index >= 15 is 0 Å². The van der Waals surface area contributed by atoms with E-state index in [4.69, 9.17) is 9.47 Å². The van der Waals surface area contributed by atoms with E-state index in [1.807, 2.05) is 0 Å². The summed E-state index contributed by atoms with van der Waals surface area (Å²) in [7, 11) is -0.901. The third-order valence-electron chi connectivity index (χ3n) is 3.83. The minimum Gasteiger partial charge on any atom is -0.493 e. The van der Waals surface area contributed by atoms with Gasteiger partial charge in [0.15, 0.2) is 11.5 Å². The first kappa shape index (κ1) is 22.6. The molecule has 0 saturated heterocycles. The minimum atomic E-state index is -3.88. The van der Waals surface area contributed by atoms with Gasteiger partial charge < -0.3 is 9.47 Å². The van der Waals surface area contributed by atoms with Crippen molar-refractivity contribution in [3.05, 3.63) is 58.1 Å². The zero-order valence-electron chi connectivity index (χ0n) is 16.4. The van der Waals surface area contributed by atoms with Gasteiger partial charge in [0.05, 0.1) is 37.3 Å². The number of sulfonamides is 1. The molecule has 12 heteroatoms. The molecule has 2 aromatic rings. The molecule has 0 aliphatic heterocycles. The van der Waals surface area contributed by atoms with Gasteiger partial charge in [-0.15, -0.1) is 0 Å². The normalized spacial score (nSPS) is 11.2. The lowest BCUT2D eigenvalue weighted by Crippen LogP contribution is -2.39. The molecule has 0 unspecified atom stereocenters. The van der Waals surface area contributed by atoms with E-state index in [0.29, 0.717) is 17.1 Å². The highest BCUT2D eigenvalue weighted by Gasteiger charge is 2.22. The number of anilines is 1. The number of nitrogens with zero attached hydrogens (tertiary/aromatic N) is 3. The predicted octanol–water partition coefficient (Wildman–Crippen LogP) is 1.53. The molecule has 30 heavy (non-hydrogen) atoms. The molecule has 1 amide bonds. The molecule has 0 bridgehead atoms. The summed E-state index contributed by atoms with van der Waals surface area (Å²) in [5, 5.41) is 14.7. The number of non-ortho nitro benzene ring substituents is 1. The van der Waals surface area contributed by atoms with Crippen molar-refractivity contribution in [1.82, 2.24) is 5.43 Å². The number of nitro benzene ring substituents is 1. The molecule has 0 aliphatic carbocycles. The average molecular weight is 436 g/mol. The molecule has 0 heterocycles. The van der Waals surface area contributed by atoms with Gasteiger partial charge in [0, 0.05) is 12.1 Å². The van der Waals surface area contributed by atoms with Gasteiger partial charge >= 0.3 is 0 Å².